The van der Waals surface area contributed by atoms with Crippen LogP contribution in [0.1, 0.15) is 24.1 Å². The maximum Gasteiger partial charge on any atom is 0.130 e. The van der Waals surface area contributed by atoms with E-state index in [0.717, 1.165) is 6.42 Å². The number of halogens is 2. The maximum absolute atomic E-state index is 14.1. The summed E-state index contributed by atoms with van der Waals surface area (Å²) in [5.41, 5.74) is 1.41. The van der Waals surface area contributed by atoms with Crippen molar-refractivity contribution in [2.75, 3.05) is 6.54 Å². The summed E-state index contributed by atoms with van der Waals surface area (Å²) in [6, 6.07) is 11.9. The molecule has 3 rings (SSSR count). The van der Waals surface area contributed by atoms with Gasteiger partial charge in [-0.15, -0.1) is 11.8 Å². The van der Waals surface area contributed by atoms with Crippen molar-refractivity contribution in [3.05, 3.63) is 65.2 Å². The Balaban J connectivity index is 1.94. The van der Waals surface area contributed by atoms with Crippen molar-refractivity contribution in [3.63, 3.8) is 0 Å². The largest absolute Gasteiger partial charge is 0.309 e. The van der Waals surface area contributed by atoms with Gasteiger partial charge in [-0.1, -0.05) is 31.2 Å². The smallest absolute Gasteiger partial charge is 0.130 e. The Morgan fingerprint density at radius 2 is 1.86 bits per heavy atom. The van der Waals surface area contributed by atoms with Gasteiger partial charge in [0.1, 0.15) is 11.6 Å². The average molecular weight is 305 g/mol. The van der Waals surface area contributed by atoms with Crippen LogP contribution < -0.4 is 5.32 Å². The Morgan fingerprint density at radius 1 is 1.14 bits per heavy atom. The summed E-state index contributed by atoms with van der Waals surface area (Å²) in [6.45, 7) is 2.63. The molecule has 1 N–H and O–H groups in total. The van der Waals surface area contributed by atoms with Gasteiger partial charge in [-0.25, -0.2) is 8.78 Å². The van der Waals surface area contributed by atoms with Crippen molar-refractivity contribution in [1.82, 2.24) is 5.32 Å². The number of hydrogen-bond acceptors (Lipinski definition) is 2. The summed E-state index contributed by atoms with van der Waals surface area (Å²) < 4.78 is 28.2. The molecule has 1 nitrogen and oxygen atoms in total. The molecule has 2 aromatic carbocycles. The monoisotopic (exact) mass is 305 g/mol. The minimum absolute atomic E-state index is 0.105. The zero-order valence-corrected chi connectivity index (χ0v) is 12.6. The molecular formula is C17H17F2NS. The summed E-state index contributed by atoms with van der Waals surface area (Å²) >= 11 is 1.70. The molecule has 0 spiro atoms. The molecule has 1 heterocycles. The first-order valence-corrected chi connectivity index (χ1v) is 8.00. The Morgan fingerprint density at radius 3 is 2.52 bits per heavy atom. The van der Waals surface area contributed by atoms with Gasteiger partial charge in [0.05, 0.1) is 6.04 Å². The van der Waals surface area contributed by atoms with Crippen LogP contribution in [0.15, 0.2) is 47.4 Å². The van der Waals surface area contributed by atoms with Gasteiger partial charge in [-0.2, -0.15) is 0 Å². The third-order valence-electron chi connectivity index (χ3n) is 3.78. The summed E-state index contributed by atoms with van der Waals surface area (Å²) in [5, 5.41) is 3.36. The molecule has 4 heteroatoms. The van der Waals surface area contributed by atoms with E-state index in [1.165, 1.54) is 28.7 Å². The number of benzene rings is 2. The summed E-state index contributed by atoms with van der Waals surface area (Å²) in [5.74, 6) is -0.949. The fraction of sp³-hybridized carbons (Fsp3) is 0.294. The Hall–Kier alpha value is -1.39. The van der Waals surface area contributed by atoms with E-state index in [9.17, 15) is 8.78 Å². The van der Waals surface area contributed by atoms with Crippen LogP contribution in [0.4, 0.5) is 8.78 Å². The van der Waals surface area contributed by atoms with Crippen molar-refractivity contribution >= 4 is 11.8 Å². The van der Waals surface area contributed by atoms with Crippen LogP contribution in [0.5, 0.6) is 0 Å². The first-order valence-electron chi connectivity index (χ1n) is 7.12. The highest BCUT2D eigenvalue weighted by Gasteiger charge is 2.33. The van der Waals surface area contributed by atoms with Crippen molar-refractivity contribution in [1.29, 1.82) is 0 Å². The Kier molecular flexibility index (Phi) is 4.27. The van der Waals surface area contributed by atoms with Gasteiger partial charge in [-0.05, 0) is 36.7 Å². The summed E-state index contributed by atoms with van der Waals surface area (Å²) in [6.07, 6.45) is 0.826. The highest BCUT2D eigenvalue weighted by atomic mass is 32.2. The lowest BCUT2D eigenvalue weighted by Gasteiger charge is -2.25. The SMILES string of the molecule is CCNC(c1c(F)cccc1F)C1Cc2ccccc2S1. The highest BCUT2D eigenvalue weighted by Crippen LogP contribution is 2.43. The molecule has 0 fully saturated rings. The zero-order chi connectivity index (χ0) is 14.8. The normalized spacial score (nSPS) is 18.5. The molecule has 2 aromatic rings. The van der Waals surface area contributed by atoms with Gasteiger partial charge in [0.2, 0.25) is 0 Å². The summed E-state index contributed by atoms with van der Waals surface area (Å²) in [4.78, 5) is 1.21. The van der Waals surface area contributed by atoms with E-state index >= 15 is 0 Å². The molecule has 110 valence electrons. The maximum atomic E-state index is 14.1. The molecule has 1 aliphatic heterocycles. The molecule has 0 aromatic heterocycles. The molecule has 0 radical (unpaired) electrons. The van der Waals surface area contributed by atoms with E-state index < -0.39 is 11.6 Å². The fourth-order valence-corrected chi connectivity index (χ4v) is 4.26. The molecule has 0 saturated heterocycles. The first kappa shape index (κ1) is 14.5. The average Bonchev–Trinajstić information content (AvgIpc) is 2.89. The van der Waals surface area contributed by atoms with Crippen LogP contribution in [-0.2, 0) is 6.42 Å². The number of hydrogen-bond donors (Lipinski definition) is 1. The van der Waals surface area contributed by atoms with E-state index in [1.54, 1.807) is 11.8 Å². The van der Waals surface area contributed by atoms with Crippen LogP contribution in [-0.4, -0.2) is 11.8 Å². The number of thioether (sulfide) groups is 1. The Bertz CT molecular complexity index is 599. The second-order valence-corrected chi connectivity index (χ2v) is 6.42. The van der Waals surface area contributed by atoms with E-state index in [4.69, 9.17) is 0 Å². The van der Waals surface area contributed by atoms with Crippen LogP contribution in [0.25, 0.3) is 0 Å². The van der Waals surface area contributed by atoms with Gasteiger partial charge in [0.25, 0.3) is 0 Å². The van der Waals surface area contributed by atoms with Crippen LogP contribution in [0.3, 0.4) is 0 Å². The van der Waals surface area contributed by atoms with Gasteiger partial charge in [-0.3, -0.25) is 0 Å². The van der Waals surface area contributed by atoms with Crippen molar-refractivity contribution < 1.29 is 8.78 Å². The van der Waals surface area contributed by atoms with Gasteiger partial charge in [0.15, 0.2) is 0 Å². The third kappa shape index (κ3) is 2.83. The molecule has 2 atom stereocenters. The molecule has 21 heavy (non-hydrogen) atoms. The lowest BCUT2D eigenvalue weighted by atomic mass is 9.97. The van der Waals surface area contributed by atoms with E-state index in [0.29, 0.717) is 6.54 Å². The van der Waals surface area contributed by atoms with Gasteiger partial charge < -0.3 is 5.32 Å². The lowest BCUT2D eigenvalue weighted by molar-refractivity contribution is 0.464. The van der Waals surface area contributed by atoms with Crippen molar-refractivity contribution in [3.8, 4) is 0 Å². The lowest BCUT2D eigenvalue weighted by Crippen LogP contribution is -2.31. The second kappa shape index (κ2) is 6.16. The predicted molar refractivity (Wildman–Crippen MR) is 82.6 cm³/mol. The fourth-order valence-electron chi connectivity index (χ4n) is 2.84. The predicted octanol–water partition coefficient (Wildman–Crippen LogP) is 4.33. The molecule has 1 aliphatic rings. The molecule has 0 aliphatic carbocycles. The quantitative estimate of drug-likeness (QED) is 0.902. The highest BCUT2D eigenvalue weighted by molar-refractivity contribution is 8.00. The molecular weight excluding hydrogens is 288 g/mol. The van der Waals surface area contributed by atoms with Crippen LogP contribution >= 0.6 is 11.8 Å². The zero-order valence-electron chi connectivity index (χ0n) is 11.8. The third-order valence-corrected chi connectivity index (χ3v) is 5.17. The first-order chi connectivity index (χ1) is 10.2. The van der Waals surface area contributed by atoms with E-state index in [2.05, 4.69) is 17.4 Å². The Labute approximate surface area is 127 Å². The standard InChI is InChI=1S/C17H17F2NS/c1-2-20-17(16-12(18)7-5-8-13(16)19)15-10-11-6-3-4-9-14(11)21-15/h3-9,15,17,20H,2,10H2,1H3. The minimum atomic E-state index is -0.475. The van der Waals surface area contributed by atoms with Gasteiger partial charge >= 0.3 is 0 Å². The van der Waals surface area contributed by atoms with Gasteiger partial charge in [0, 0.05) is 15.7 Å². The van der Waals surface area contributed by atoms with Crippen molar-refractivity contribution in [2.24, 2.45) is 0 Å². The van der Waals surface area contributed by atoms with Crippen LogP contribution in [0.2, 0.25) is 0 Å². The molecule has 0 bridgehead atoms. The molecule has 2 unspecified atom stereocenters. The van der Waals surface area contributed by atoms with E-state index in [1.807, 2.05) is 19.1 Å². The summed E-state index contributed by atoms with van der Waals surface area (Å²) in [7, 11) is 0. The number of nitrogens with one attached hydrogen (secondary N) is 1. The second-order valence-electron chi connectivity index (χ2n) is 5.14. The molecule has 0 saturated carbocycles. The van der Waals surface area contributed by atoms with Crippen LogP contribution in [0, 0.1) is 11.6 Å². The number of rotatable bonds is 4. The van der Waals surface area contributed by atoms with E-state index in [-0.39, 0.29) is 16.9 Å². The van der Waals surface area contributed by atoms with Crippen molar-refractivity contribution in [2.45, 2.75) is 29.5 Å². The number of fused-ring (bicyclic) bond motifs is 1. The minimum Gasteiger partial charge on any atom is -0.309 e. The topological polar surface area (TPSA) is 12.0 Å². The molecule has 0 amide bonds.